The van der Waals surface area contributed by atoms with Gasteiger partial charge in [-0.05, 0) is 68.7 Å². The third-order valence-electron chi connectivity index (χ3n) is 6.47. The van der Waals surface area contributed by atoms with Crippen LogP contribution in [0.4, 0.5) is 5.69 Å². The van der Waals surface area contributed by atoms with Gasteiger partial charge in [0.15, 0.2) is 0 Å². The Kier molecular flexibility index (Phi) is 10.5. The van der Waals surface area contributed by atoms with E-state index in [9.17, 15) is 18.0 Å². The van der Waals surface area contributed by atoms with E-state index in [1.165, 1.54) is 24.1 Å². The predicted octanol–water partition coefficient (Wildman–Crippen LogP) is 4.18. The lowest BCUT2D eigenvalue weighted by Crippen LogP contribution is -2.53. The van der Waals surface area contributed by atoms with Gasteiger partial charge in [0.25, 0.3) is 10.0 Å². The maximum Gasteiger partial charge on any atom is 0.264 e. The van der Waals surface area contributed by atoms with Crippen molar-refractivity contribution in [1.29, 1.82) is 0 Å². The van der Waals surface area contributed by atoms with E-state index < -0.39 is 28.5 Å². The fourth-order valence-electron chi connectivity index (χ4n) is 4.30. The van der Waals surface area contributed by atoms with E-state index in [2.05, 4.69) is 5.32 Å². The molecule has 0 heterocycles. The lowest BCUT2D eigenvalue weighted by atomic mass is 10.1. The van der Waals surface area contributed by atoms with Crippen molar-refractivity contribution in [3.63, 3.8) is 0 Å². The van der Waals surface area contributed by atoms with Gasteiger partial charge >= 0.3 is 0 Å². The number of carbonyl (C=O) groups is 2. The molecule has 0 aliphatic rings. The Balaban J connectivity index is 2.00. The quantitative estimate of drug-likeness (QED) is 0.344. The normalized spacial score (nSPS) is 11.9. The second-order valence-electron chi connectivity index (χ2n) is 9.16. The molecule has 1 atom stereocenters. The zero-order valence-corrected chi connectivity index (χ0v) is 23.8. The van der Waals surface area contributed by atoms with Crippen LogP contribution in [-0.2, 0) is 26.0 Å². The van der Waals surface area contributed by atoms with Crippen LogP contribution in [0.3, 0.4) is 0 Å². The standard InChI is InChI=1S/C30H37N3O5S/c1-5-28(30(35)31-6-2)32(21-20-24-10-8-7-9-11-24)29(34)22-33(25-14-16-26(38-4)17-15-25)39(36,37)27-18-12-23(3)13-19-27/h7-19,28H,5-6,20-22H2,1-4H3,(H,31,35). The Hall–Kier alpha value is -3.85. The molecule has 0 aliphatic carbocycles. The van der Waals surface area contributed by atoms with Crippen molar-refractivity contribution in [2.24, 2.45) is 0 Å². The van der Waals surface area contributed by atoms with Gasteiger partial charge in [-0.25, -0.2) is 8.42 Å². The summed E-state index contributed by atoms with van der Waals surface area (Å²) in [4.78, 5) is 28.5. The number of rotatable bonds is 13. The SMILES string of the molecule is CCNC(=O)C(CC)N(CCc1ccccc1)C(=O)CN(c1ccc(OC)cc1)S(=O)(=O)c1ccc(C)cc1. The van der Waals surface area contributed by atoms with Gasteiger partial charge in [-0.15, -0.1) is 0 Å². The molecule has 1 N–H and O–H groups in total. The molecule has 0 saturated carbocycles. The first-order valence-electron chi connectivity index (χ1n) is 13.1. The van der Waals surface area contributed by atoms with Gasteiger partial charge in [-0.2, -0.15) is 0 Å². The molecule has 0 aromatic heterocycles. The Morgan fingerprint density at radius 2 is 1.56 bits per heavy atom. The topological polar surface area (TPSA) is 96.0 Å². The molecule has 0 bridgehead atoms. The van der Waals surface area contributed by atoms with E-state index in [4.69, 9.17) is 4.74 Å². The smallest absolute Gasteiger partial charge is 0.264 e. The summed E-state index contributed by atoms with van der Waals surface area (Å²) in [5.41, 5.74) is 2.25. The zero-order valence-electron chi connectivity index (χ0n) is 23.0. The average Bonchev–Trinajstić information content (AvgIpc) is 2.94. The molecule has 3 rings (SSSR count). The van der Waals surface area contributed by atoms with Crippen molar-refractivity contribution in [3.05, 3.63) is 90.0 Å². The molecule has 3 aromatic rings. The van der Waals surface area contributed by atoms with Gasteiger partial charge in [0.1, 0.15) is 18.3 Å². The number of sulfonamides is 1. The number of aryl methyl sites for hydroxylation is 1. The number of nitrogens with one attached hydrogen (secondary N) is 1. The summed E-state index contributed by atoms with van der Waals surface area (Å²) in [6.07, 6.45) is 0.912. The molecule has 9 heteroatoms. The summed E-state index contributed by atoms with van der Waals surface area (Å²) in [6.45, 7) is 5.76. The summed E-state index contributed by atoms with van der Waals surface area (Å²) in [5, 5.41) is 2.81. The van der Waals surface area contributed by atoms with Crippen molar-refractivity contribution >= 4 is 27.5 Å². The molecule has 3 aromatic carbocycles. The third kappa shape index (κ3) is 7.60. The Morgan fingerprint density at radius 1 is 0.923 bits per heavy atom. The fourth-order valence-corrected chi connectivity index (χ4v) is 5.72. The Morgan fingerprint density at radius 3 is 2.13 bits per heavy atom. The number of nitrogens with zero attached hydrogens (tertiary/aromatic N) is 2. The molecule has 2 amide bonds. The minimum absolute atomic E-state index is 0.0725. The van der Waals surface area contributed by atoms with E-state index in [1.807, 2.05) is 51.1 Å². The van der Waals surface area contributed by atoms with Crippen LogP contribution in [0.2, 0.25) is 0 Å². The molecule has 0 fully saturated rings. The van der Waals surface area contributed by atoms with Crippen molar-refractivity contribution in [2.45, 2.75) is 44.6 Å². The van der Waals surface area contributed by atoms with Crippen molar-refractivity contribution in [2.75, 3.05) is 31.0 Å². The lowest BCUT2D eigenvalue weighted by Gasteiger charge is -2.33. The minimum Gasteiger partial charge on any atom is -0.497 e. The summed E-state index contributed by atoms with van der Waals surface area (Å²) in [6, 6.07) is 21.9. The number of ether oxygens (including phenoxy) is 1. The number of benzene rings is 3. The average molecular weight is 552 g/mol. The molecule has 39 heavy (non-hydrogen) atoms. The number of carbonyl (C=O) groups excluding carboxylic acids is 2. The third-order valence-corrected chi connectivity index (χ3v) is 8.26. The monoisotopic (exact) mass is 551 g/mol. The highest BCUT2D eigenvalue weighted by Gasteiger charge is 2.33. The zero-order chi connectivity index (χ0) is 28.4. The highest BCUT2D eigenvalue weighted by atomic mass is 32.2. The first-order valence-corrected chi connectivity index (χ1v) is 14.5. The van der Waals surface area contributed by atoms with Gasteiger partial charge < -0.3 is 15.0 Å². The fraction of sp³-hybridized carbons (Fsp3) is 0.333. The molecular weight excluding hydrogens is 514 g/mol. The van der Waals surface area contributed by atoms with Gasteiger partial charge in [-0.3, -0.25) is 13.9 Å². The van der Waals surface area contributed by atoms with Gasteiger partial charge in [-0.1, -0.05) is 55.0 Å². The number of hydrogen-bond acceptors (Lipinski definition) is 5. The van der Waals surface area contributed by atoms with Gasteiger partial charge in [0.05, 0.1) is 17.7 Å². The van der Waals surface area contributed by atoms with Gasteiger partial charge in [0.2, 0.25) is 11.8 Å². The van der Waals surface area contributed by atoms with Crippen LogP contribution in [-0.4, -0.2) is 57.9 Å². The largest absolute Gasteiger partial charge is 0.497 e. The maximum atomic E-state index is 13.9. The van der Waals surface area contributed by atoms with Crippen molar-refractivity contribution < 1.29 is 22.7 Å². The number of anilines is 1. The number of likely N-dealkylation sites (N-methyl/N-ethyl adjacent to an activating group) is 1. The van der Waals surface area contributed by atoms with E-state index in [-0.39, 0.29) is 17.3 Å². The van der Waals surface area contributed by atoms with Crippen LogP contribution in [0.5, 0.6) is 5.75 Å². The van der Waals surface area contributed by atoms with E-state index in [0.29, 0.717) is 30.8 Å². The molecular formula is C30H37N3O5S. The van der Waals surface area contributed by atoms with Crippen LogP contribution < -0.4 is 14.4 Å². The lowest BCUT2D eigenvalue weighted by molar-refractivity contribution is -0.139. The highest BCUT2D eigenvalue weighted by Crippen LogP contribution is 2.26. The van der Waals surface area contributed by atoms with Crippen LogP contribution >= 0.6 is 0 Å². The van der Waals surface area contributed by atoms with Crippen LogP contribution in [0.25, 0.3) is 0 Å². The summed E-state index contributed by atoms with van der Waals surface area (Å²) >= 11 is 0. The maximum absolute atomic E-state index is 13.9. The summed E-state index contributed by atoms with van der Waals surface area (Å²) < 4.78 is 34.0. The second-order valence-corrected chi connectivity index (χ2v) is 11.0. The first kappa shape index (κ1) is 29.7. The van der Waals surface area contributed by atoms with Crippen LogP contribution in [0.15, 0.2) is 83.8 Å². The van der Waals surface area contributed by atoms with E-state index in [1.54, 1.807) is 36.4 Å². The van der Waals surface area contributed by atoms with Crippen molar-refractivity contribution in [1.82, 2.24) is 10.2 Å². The molecule has 1 unspecified atom stereocenters. The summed E-state index contributed by atoms with van der Waals surface area (Å²) in [7, 11) is -2.58. The highest BCUT2D eigenvalue weighted by molar-refractivity contribution is 7.92. The van der Waals surface area contributed by atoms with Crippen molar-refractivity contribution in [3.8, 4) is 5.75 Å². The van der Waals surface area contributed by atoms with Crippen LogP contribution in [0, 0.1) is 6.92 Å². The molecule has 0 aliphatic heterocycles. The molecule has 0 saturated heterocycles. The number of amides is 2. The molecule has 0 radical (unpaired) electrons. The Bertz CT molecular complexity index is 1330. The molecule has 208 valence electrons. The van der Waals surface area contributed by atoms with Crippen LogP contribution in [0.1, 0.15) is 31.4 Å². The van der Waals surface area contributed by atoms with E-state index >= 15 is 0 Å². The molecule has 8 nitrogen and oxygen atoms in total. The molecule has 0 spiro atoms. The summed E-state index contributed by atoms with van der Waals surface area (Å²) in [5.74, 6) is -0.168. The Labute approximate surface area is 231 Å². The minimum atomic E-state index is -4.10. The van der Waals surface area contributed by atoms with E-state index in [0.717, 1.165) is 15.4 Å². The first-order chi connectivity index (χ1) is 18.7. The number of methoxy groups -OCH3 is 1. The van der Waals surface area contributed by atoms with Gasteiger partial charge in [0, 0.05) is 13.1 Å². The second kappa shape index (κ2) is 13.8. The predicted molar refractivity (Wildman–Crippen MR) is 153 cm³/mol. The number of hydrogen-bond donors (Lipinski definition) is 1.